The van der Waals surface area contributed by atoms with Crippen LogP contribution in [0.25, 0.3) is 0 Å². The lowest BCUT2D eigenvalue weighted by Gasteiger charge is -1.99. The Morgan fingerprint density at radius 1 is 1.33 bits per heavy atom. The maximum absolute atomic E-state index is 11.7. The second-order valence-electron chi connectivity index (χ2n) is 2.98. The van der Waals surface area contributed by atoms with Crippen molar-refractivity contribution >= 4 is 10.8 Å². The molecule has 1 aromatic carbocycles. The van der Waals surface area contributed by atoms with Crippen LogP contribution in [0.4, 0.5) is 0 Å². The van der Waals surface area contributed by atoms with E-state index in [4.69, 9.17) is 4.74 Å². The molecule has 1 unspecified atom stereocenters. The molecule has 82 valence electrons. The summed E-state index contributed by atoms with van der Waals surface area (Å²) in [5.41, 5.74) is 0. The number of rotatable bonds is 6. The molecule has 0 aliphatic carbocycles. The van der Waals surface area contributed by atoms with Gasteiger partial charge >= 0.3 is 0 Å². The third-order valence-corrected chi connectivity index (χ3v) is 3.24. The molecule has 0 fully saturated rings. The Labute approximate surface area is 93.4 Å². The van der Waals surface area contributed by atoms with Gasteiger partial charge in [0.2, 0.25) is 0 Å². The lowest BCUT2D eigenvalue weighted by molar-refractivity contribution is 0.268. The van der Waals surface area contributed by atoms with E-state index in [1.165, 1.54) is 0 Å². The van der Waals surface area contributed by atoms with Crippen LogP contribution in [0.2, 0.25) is 0 Å². The maximum Gasteiger partial charge on any atom is 0.0845 e. The minimum atomic E-state index is -0.896. The van der Waals surface area contributed by atoms with E-state index in [9.17, 15) is 4.21 Å². The first kappa shape index (κ1) is 12.0. The fraction of sp³-hybridized carbons (Fsp3) is 0.333. The molecule has 0 spiro atoms. The Kier molecular flexibility index (Phi) is 5.78. The van der Waals surface area contributed by atoms with Crippen molar-refractivity contribution in [2.45, 2.75) is 18.2 Å². The van der Waals surface area contributed by atoms with Gasteiger partial charge in [-0.25, -0.2) is 0 Å². The monoisotopic (exact) mass is 224 g/mol. The fourth-order valence-electron chi connectivity index (χ4n) is 1.10. The van der Waals surface area contributed by atoms with E-state index in [1.807, 2.05) is 43.3 Å². The first-order valence-electron chi connectivity index (χ1n) is 5.04. The minimum absolute atomic E-state index is 0.646. The topological polar surface area (TPSA) is 26.3 Å². The van der Waals surface area contributed by atoms with Crippen molar-refractivity contribution < 1.29 is 8.95 Å². The molecule has 1 atom stereocenters. The normalized spacial score (nSPS) is 12.9. The molecule has 1 rings (SSSR count). The highest BCUT2D eigenvalue weighted by Gasteiger charge is 2.00. The maximum atomic E-state index is 11.7. The summed E-state index contributed by atoms with van der Waals surface area (Å²) in [6.07, 6.45) is 4.36. The zero-order valence-electron chi connectivity index (χ0n) is 8.89. The van der Waals surface area contributed by atoms with Crippen molar-refractivity contribution in [3.05, 3.63) is 42.7 Å². The summed E-state index contributed by atoms with van der Waals surface area (Å²) in [5, 5.41) is 0. The highest BCUT2D eigenvalue weighted by Crippen LogP contribution is 2.06. The largest absolute Gasteiger partial charge is 0.502 e. The number of hydrogen-bond donors (Lipinski definition) is 0. The van der Waals surface area contributed by atoms with Gasteiger partial charge in [0.15, 0.2) is 0 Å². The molecule has 0 amide bonds. The van der Waals surface area contributed by atoms with E-state index < -0.39 is 10.8 Å². The fourth-order valence-corrected chi connectivity index (χ4v) is 2.14. The molecule has 0 bridgehead atoms. The van der Waals surface area contributed by atoms with Crippen molar-refractivity contribution in [1.82, 2.24) is 0 Å². The number of ether oxygens (including phenoxy) is 1. The van der Waals surface area contributed by atoms with Crippen molar-refractivity contribution in [2.75, 3.05) is 12.4 Å². The third kappa shape index (κ3) is 4.79. The first-order chi connectivity index (χ1) is 7.34. The average molecular weight is 224 g/mol. The highest BCUT2D eigenvalue weighted by atomic mass is 32.2. The molecule has 0 saturated heterocycles. The van der Waals surface area contributed by atoms with E-state index >= 15 is 0 Å². The minimum Gasteiger partial charge on any atom is -0.502 e. The van der Waals surface area contributed by atoms with Gasteiger partial charge in [-0.15, -0.1) is 0 Å². The lowest BCUT2D eigenvalue weighted by Crippen LogP contribution is -1.96. The predicted octanol–water partition coefficient (Wildman–Crippen LogP) is 2.73. The van der Waals surface area contributed by atoms with Gasteiger partial charge in [0.1, 0.15) is 0 Å². The smallest absolute Gasteiger partial charge is 0.0845 e. The van der Waals surface area contributed by atoms with E-state index in [0.717, 1.165) is 11.3 Å². The molecule has 2 nitrogen and oxygen atoms in total. The Morgan fingerprint density at radius 3 is 2.73 bits per heavy atom. The molecular weight excluding hydrogens is 208 g/mol. The van der Waals surface area contributed by atoms with Gasteiger partial charge in [-0.2, -0.15) is 0 Å². The highest BCUT2D eigenvalue weighted by molar-refractivity contribution is 7.85. The molecule has 0 saturated carbocycles. The molecule has 1 aromatic rings. The number of hydrogen-bond acceptors (Lipinski definition) is 2. The Hall–Kier alpha value is -1.09. The molecule has 0 aliphatic rings. The average Bonchev–Trinajstić information content (AvgIpc) is 2.30. The van der Waals surface area contributed by atoms with Crippen LogP contribution in [0.1, 0.15) is 13.3 Å². The molecule has 15 heavy (non-hydrogen) atoms. The molecule has 0 heterocycles. The van der Waals surface area contributed by atoms with Crippen LogP contribution in [0.3, 0.4) is 0 Å². The second kappa shape index (κ2) is 7.23. The molecular formula is C12H16O2S. The summed E-state index contributed by atoms with van der Waals surface area (Å²) >= 11 is 0. The van der Waals surface area contributed by atoms with Gasteiger partial charge in [0.05, 0.1) is 23.7 Å². The quantitative estimate of drug-likeness (QED) is 0.694. The van der Waals surface area contributed by atoms with Crippen LogP contribution in [-0.2, 0) is 15.5 Å². The van der Waals surface area contributed by atoms with E-state index in [-0.39, 0.29) is 0 Å². The van der Waals surface area contributed by atoms with Crippen LogP contribution in [0, 0.1) is 0 Å². The van der Waals surface area contributed by atoms with Gasteiger partial charge in [-0.3, -0.25) is 4.21 Å². The molecule has 0 aromatic heterocycles. The zero-order valence-corrected chi connectivity index (χ0v) is 9.70. The molecule has 0 N–H and O–H groups in total. The van der Waals surface area contributed by atoms with E-state index in [0.29, 0.717) is 12.4 Å². The second-order valence-corrected chi connectivity index (χ2v) is 4.55. The first-order valence-corrected chi connectivity index (χ1v) is 6.36. The predicted molar refractivity (Wildman–Crippen MR) is 63.1 cm³/mol. The lowest BCUT2D eigenvalue weighted by atomic mass is 10.4. The van der Waals surface area contributed by atoms with Crippen LogP contribution < -0.4 is 0 Å². The van der Waals surface area contributed by atoms with Crippen LogP contribution in [-0.4, -0.2) is 16.6 Å². The summed E-state index contributed by atoms with van der Waals surface area (Å²) in [4.78, 5) is 0.891. The van der Waals surface area contributed by atoms with Gasteiger partial charge in [0.25, 0.3) is 0 Å². The van der Waals surface area contributed by atoms with Gasteiger partial charge < -0.3 is 4.74 Å². The molecule has 3 heteroatoms. The van der Waals surface area contributed by atoms with Crippen molar-refractivity contribution in [1.29, 1.82) is 0 Å². The summed E-state index contributed by atoms with van der Waals surface area (Å²) in [5.74, 6) is 0.646. The zero-order chi connectivity index (χ0) is 10.9. The SMILES string of the molecule is CCO/C=C\CCS(=O)c1ccccc1. The summed E-state index contributed by atoms with van der Waals surface area (Å²) in [7, 11) is -0.896. The van der Waals surface area contributed by atoms with Gasteiger partial charge in [-0.05, 0) is 31.6 Å². The van der Waals surface area contributed by atoms with Crippen LogP contribution in [0.5, 0.6) is 0 Å². The van der Waals surface area contributed by atoms with E-state index in [2.05, 4.69) is 0 Å². The van der Waals surface area contributed by atoms with Crippen molar-refractivity contribution in [3.63, 3.8) is 0 Å². The molecule has 0 radical (unpaired) electrons. The van der Waals surface area contributed by atoms with Crippen molar-refractivity contribution in [3.8, 4) is 0 Å². The summed E-state index contributed by atoms with van der Waals surface area (Å²) in [6, 6.07) is 9.52. The summed E-state index contributed by atoms with van der Waals surface area (Å²) < 4.78 is 16.8. The van der Waals surface area contributed by atoms with Crippen LogP contribution >= 0.6 is 0 Å². The van der Waals surface area contributed by atoms with Crippen molar-refractivity contribution in [2.24, 2.45) is 0 Å². The van der Waals surface area contributed by atoms with Gasteiger partial charge in [-0.1, -0.05) is 18.2 Å². The summed E-state index contributed by atoms with van der Waals surface area (Å²) in [6.45, 7) is 2.62. The van der Waals surface area contributed by atoms with Crippen LogP contribution in [0.15, 0.2) is 47.6 Å². The standard InChI is InChI=1S/C12H16O2S/c1-2-14-10-6-7-11-15(13)12-8-4-3-5-9-12/h3-6,8-10H,2,7,11H2,1H3/b10-6-. The number of benzene rings is 1. The number of allylic oxidation sites excluding steroid dienone is 1. The Balaban J connectivity index is 2.31. The Bertz CT molecular complexity index is 320. The van der Waals surface area contributed by atoms with E-state index in [1.54, 1.807) is 6.26 Å². The molecule has 0 aliphatic heterocycles. The third-order valence-electron chi connectivity index (χ3n) is 1.84. The van der Waals surface area contributed by atoms with Gasteiger partial charge in [0, 0.05) is 10.6 Å². The Morgan fingerprint density at radius 2 is 2.07 bits per heavy atom.